The summed E-state index contributed by atoms with van der Waals surface area (Å²) in [6.07, 6.45) is 0. The Hall–Kier alpha value is 7.09. The molecule has 0 aromatic rings. The molecule has 0 N–H and O–H groups in total. The Kier molecular flexibility index (Phi) is 841. The molecule has 74 valence electrons. The monoisotopic (exact) mass is 947 g/mol. The van der Waals surface area contributed by atoms with Crippen LogP contribution in [0.5, 0.6) is 0 Å². The molecule has 0 bridgehead atoms. The largest absolute Gasteiger partial charge is 3.00 e. The third-order valence-electron chi connectivity index (χ3n) is 0. The van der Waals surface area contributed by atoms with Gasteiger partial charge in [-0.2, -0.15) is 0 Å². The van der Waals surface area contributed by atoms with Gasteiger partial charge in [0.05, 0.1) is 0 Å². The van der Waals surface area contributed by atoms with Crippen LogP contribution in [-0.4, -0.2) is 142 Å². The van der Waals surface area contributed by atoms with Crippen molar-refractivity contribution in [3.05, 3.63) is 0 Å². The Bertz CT molecular complexity index is 25.3. The van der Waals surface area contributed by atoms with Crippen LogP contribution in [-0.2, 0) is 78.9 Å². The Morgan fingerprint density at radius 3 is 0.455 bits per heavy atom. The van der Waals surface area contributed by atoms with Crippen LogP contribution in [0.2, 0.25) is 0 Å². The Morgan fingerprint density at radius 1 is 0.455 bits per heavy atom. The molecule has 0 rings (SSSR count). The van der Waals surface area contributed by atoms with Crippen LogP contribution in [0.25, 0.3) is 0 Å². The summed E-state index contributed by atoms with van der Waals surface area (Å²) in [5.41, 5.74) is 0. The second-order valence-electron chi connectivity index (χ2n) is 0. The third-order valence-corrected chi connectivity index (χ3v) is 0. The molecule has 11 heavy (non-hydrogen) atoms. The predicted octanol–water partition coefficient (Wildman–Crippen LogP) is -2.68. The molecule has 11 heteroatoms. The van der Waals surface area contributed by atoms with Crippen LogP contribution in [0.4, 0.5) is 0 Å². The second kappa shape index (κ2) is 88.0. The first kappa shape index (κ1) is 105. The van der Waals surface area contributed by atoms with E-state index in [9.17, 15) is 0 Å². The zero-order chi connectivity index (χ0) is 0. The van der Waals surface area contributed by atoms with E-state index >= 15 is 0 Å². The maximum absolute atomic E-state index is 0. The molecule has 0 fully saturated rings. The van der Waals surface area contributed by atoms with Crippen LogP contribution in [0, 0.1) is 0 Å². The fourth-order valence-corrected chi connectivity index (χ4v) is 0. The summed E-state index contributed by atoms with van der Waals surface area (Å²) in [5.74, 6) is 0. The molecule has 0 atom stereocenters. The van der Waals surface area contributed by atoms with Gasteiger partial charge in [-0.3, -0.25) is 0 Å². The molecular weight excluding hydrogens is 949 g/mol. The zero-order valence-electron chi connectivity index (χ0n) is 4.74. The van der Waals surface area contributed by atoms with Gasteiger partial charge in [-0.05, 0) is 0 Å². The molecular formula is Ag2Cu2Ga2In2Se3. The van der Waals surface area contributed by atoms with E-state index in [1.807, 2.05) is 0 Å². The van der Waals surface area contributed by atoms with Crippen LogP contribution in [0.3, 0.4) is 0 Å². The van der Waals surface area contributed by atoms with Gasteiger partial charge in [0.25, 0.3) is 0 Å². The van der Waals surface area contributed by atoms with Gasteiger partial charge in [-0.25, -0.2) is 0 Å². The van der Waals surface area contributed by atoms with Crippen molar-refractivity contribution in [1.29, 1.82) is 0 Å². The minimum Gasteiger partial charge on any atom is -2.00 e. The maximum atomic E-state index is 0. The molecule has 0 aliphatic rings. The number of rotatable bonds is 0. The molecule has 0 heterocycles. The average molecular weight is 949 g/mol. The minimum atomic E-state index is 0. The van der Waals surface area contributed by atoms with Gasteiger partial charge in [-0.1, -0.05) is 0 Å². The van der Waals surface area contributed by atoms with Crippen LogP contribution in [0.15, 0.2) is 0 Å². The van der Waals surface area contributed by atoms with Gasteiger partial charge in [0, 0.05) is 131 Å². The van der Waals surface area contributed by atoms with Crippen molar-refractivity contribution in [1.82, 2.24) is 0 Å². The standard InChI is InChI=1S/2Ag.2Cu.2Ga.2In.3Se/q;;;;2*+3;;;3*-2. The van der Waals surface area contributed by atoms with Crippen molar-refractivity contribution in [3.8, 4) is 0 Å². The van der Waals surface area contributed by atoms with E-state index in [0.29, 0.717) is 0 Å². The third kappa shape index (κ3) is 77.4. The Labute approximate surface area is 216 Å². The molecule has 0 saturated heterocycles. The summed E-state index contributed by atoms with van der Waals surface area (Å²) in [5, 5.41) is 0. The van der Waals surface area contributed by atoms with E-state index in [0.717, 1.165) is 0 Å². The van der Waals surface area contributed by atoms with E-state index in [2.05, 4.69) is 0 Å². The van der Waals surface area contributed by atoms with Crippen molar-refractivity contribution in [2.45, 2.75) is 0 Å². The zero-order valence-corrected chi connectivity index (χ0v) is 26.2. The molecule has 0 aliphatic heterocycles. The predicted molar refractivity (Wildman–Crippen MR) is 40.3 cm³/mol. The molecule has 10 radical (unpaired) electrons. The molecule has 0 spiro atoms. The summed E-state index contributed by atoms with van der Waals surface area (Å²) in [7, 11) is 0. The molecule has 0 unspecified atom stereocenters. The minimum absolute atomic E-state index is 0. The summed E-state index contributed by atoms with van der Waals surface area (Å²) in [4.78, 5) is 0. The second-order valence-corrected chi connectivity index (χ2v) is 0. The molecule has 0 nitrogen and oxygen atoms in total. The van der Waals surface area contributed by atoms with Crippen LogP contribution < -0.4 is 0 Å². The van der Waals surface area contributed by atoms with E-state index in [1.54, 1.807) is 0 Å². The Balaban J connectivity index is 0. The molecule has 0 aliphatic carbocycles. The normalized spacial score (nSPS) is 0. The molecule has 0 amide bonds. The van der Waals surface area contributed by atoms with Gasteiger partial charge in [-0.15, -0.1) is 0 Å². The van der Waals surface area contributed by atoms with Crippen molar-refractivity contribution < 1.29 is 78.9 Å². The first-order chi connectivity index (χ1) is 0. The smallest absolute Gasteiger partial charge is 2.00 e. The summed E-state index contributed by atoms with van der Waals surface area (Å²) in [6.45, 7) is 0. The molecule has 0 saturated carbocycles. The molecule has 0 aromatic heterocycles. The van der Waals surface area contributed by atoms with Crippen LogP contribution >= 0.6 is 0 Å². The van der Waals surface area contributed by atoms with Gasteiger partial charge < -0.3 is 51.2 Å². The number of hydrogen-bond acceptors (Lipinski definition) is 0. The molecule has 0 aromatic carbocycles. The first-order valence-corrected chi connectivity index (χ1v) is 0. The van der Waals surface area contributed by atoms with Crippen LogP contribution in [0.1, 0.15) is 0 Å². The topological polar surface area (TPSA) is 0 Å². The van der Waals surface area contributed by atoms with Crippen molar-refractivity contribution >= 4 is 142 Å². The van der Waals surface area contributed by atoms with E-state index in [-0.39, 0.29) is 221 Å². The van der Waals surface area contributed by atoms with Crippen molar-refractivity contribution in [3.63, 3.8) is 0 Å². The summed E-state index contributed by atoms with van der Waals surface area (Å²) in [6, 6.07) is 0. The quantitative estimate of drug-likeness (QED) is 0.233. The summed E-state index contributed by atoms with van der Waals surface area (Å²) >= 11 is 0. The van der Waals surface area contributed by atoms with E-state index < -0.39 is 0 Å². The Morgan fingerprint density at radius 2 is 0.455 bits per heavy atom. The van der Waals surface area contributed by atoms with Gasteiger partial charge in [0.15, 0.2) is 0 Å². The average Bonchev–Trinajstić information content (AvgIpc) is 0. The van der Waals surface area contributed by atoms with Crippen molar-refractivity contribution in [2.24, 2.45) is 0 Å². The fourth-order valence-electron chi connectivity index (χ4n) is 0. The number of hydrogen-bond donors (Lipinski definition) is 0. The van der Waals surface area contributed by atoms with Crippen molar-refractivity contribution in [2.75, 3.05) is 0 Å². The van der Waals surface area contributed by atoms with Gasteiger partial charge in [0.2, 0.25) is 0 Å². The maximum Gasteiger partial charge on any atom is 3.00 e. The first-order valence-electron chi connectivity index (χ1n) is 0. The van der Waals surface area contributed by atoms with Gasteiger partial charge in [0.1, 0.15) is 0 Å². The fraction of sp³-hybridized carbons (Fsp3) is 0. The summed E-state index contributed by atoms with van der Waals surface area (Å²) < 4.78 is 0. The van der Waals surface area contributed by atoms with Gasteiger partial charge >= 0.3 is 39.6 Å². The van der Waals surface area contributed by atoms with E-state index in [4.69, 9.17) is 0 Å². The SMILES string of the molecule is [Ag].[Ag].[Cu].[Cu].[Ga+3].[Ga+3].[In].[In].[Se-2].[Se-2].[Se-2]. The van der Waals surface area contributed by atoms with E-state index in [1.165, 1.54) is 0 Å².